The molecule has 1 unspecified atom stereocenters. The number of benzene rings is 3. The Labute approximate surface area is 203 Å². The fraction of sp³-hybridized carbons (Fsp3) is 0.286. The summed E-state index contributed by atoms with van der Waals surface area (Å²) in [4.78, 5) is 14.7. The molecule has 0 aromatic heterocycles. The predicted octanol–water partition coefficient (Wildman–Crippen LogP) is 6.14. The second-order valence-corrected chi connectivity index (χ2v) is 8.89. The van der Waals surface area contributed by atoms with Crippen LogP contribution in [0.4, 0.5) is 13.2 Å². The monoisotopic (exact) mass is 477 g/mol. The summed E-state index contributed by atoms with van der Waals surface area (Å²) in [6.45, 7) is 4.18. The van der Waals surface area contributed by atoms with Crippen molar-refractivity contribution < 1.29 is 18.0 Å². The van der Waals surface area contributed by atoms with Gasteiger partial charge in [0.15, 0.2) is 0 Å². The molecule has 0 bridgehead atoms. The number of carbonyl (C=O) groups is 1. The molecule has 1 atom stereocenters. The lowest BCUT2D eigenvalue weighted by atomic mass is 9.85. The Bertz CT molecular complexity index is 1260. The van der Waals surface area contributed by atoms with Gasteiger partial charge in [-0.2, -0.15) is 18.4 Å². The summed E-state index contributed by atoms with van der Waals surface area (Å²) in [6, 6.07) is 21.0. The minimum Gasteiger partial charge on any atom is -0.351 e. The number of nitrogens with one attached hydrogen (secondary N) is 1. The molecule has 35 heavy (non-hydrogen) atoms. The van der Waals surface area contributed by atoms with Crippen LogP contribution in [0.3, 0.4) is 0 Å². The summed E-state index contributed by atoms with van der Waals surface area (Å²) in [5.41, 5.74) is 4.77. The van der Waals surface area contributed by atoms with Crippen molar-refractivity contribution in [2.24, 2.45) is 0 Å². The SMILES string of the molecule is CC1CN(Cc2cccc(C(F)(F)F)c2)Cc2c(-c3cccc(C(=O)NCCC#N)c3)cccc21. The third-order valence-electron chi connectivity index (χ3n) is 6.28. The molecule has 4 nitrogen and oxygen atoms in total. The highest BCUT2D eigenvalue weighted by molar-refractivity contribution is 5.95. The van der Waals surface area contributed by atoms with Crippen molar-refractivity contribution in [2.45, 2.75) is 38.5 Å². The third kappa shape index (κ3) is 5.72. The lowest BCUT2D eigenvalue weighted by Gasteiger charge is -2.34. The fourth-order valence-electron chi connectivity index (χ4n) is 4.67. The van der Waals surface area contributed by atoms with Gasteiger partial charge in [0.2, 0.25) is 0 Å². The van der Waals surface area contributed by atoms with Gasteiger partial charge in [0.1, 0.15) is 0 Å². The Morgan fingerprint density at radius 2 is 1.89 bits per heavy atom. The van der Waals surface area contributed by atoms with E-state index in [0.717, 1.165) is 29.3 Å². The van der Waals surface area contributed by atoms with E-state index in [0.29, 0.717) is 30.8 Å². The maximum Gasteiger partial charge on any atom is 0.416 e. The number of carbonyl (C=O) groups excluding carboxylic acids is 1. The number of hydrogen-bond acceptors (Lipinski definition) is 3. The molecule has 3 aromatic rings. The number of amides is 1. The maximum absolute atomic E-state index is 13.2. The number of halogens is 3. The van der Waals surface area contributed by atoms with Gasteiger partial charge < -0.3 is 5.32 Å². The fourth-order valence-corrected chi connectivity index (χ4v) is 4.67. The van der Waals surface area contributed by atoms with Gasteiger partial charge in [-0.1, -0.05) is 55.5 Å². The van der Waals surface area contributed by atoms with Crippen LogP contribution in [-0.2, 0) is 19.3 Å². The van der Waals surface area contributed by atoms with Gasteiger partial charge in [0.25, 0.3) is 5.91 Å². The topological polar surface area (TPSA) is 56.1 Å². The van der Waals surface area contributed by atoms with Crippen LogP contribution in [0.1, 0.15) is 51.9 Å². The Morgan fingerprint density at radius 1 is 1.11 bits per heavy atom. The standard InChI is InChI=1S/C28H26F3N3O/c1-19-16-34(17-20-6-2-9-23(14-20)28(29,30)31)18-26-24(19)10-4-11-25(26)21-7-3-8-22(15-21)27(35)33-13-5-12-32/h2-4,6-11,14-15,19H,5,13,16-18H2,1H3,(H,33,35). The van der Waals surface area contributed by atoms with Crippen LogP contribution in [-0.4, -0.2) is 23.9 Å². The van der Waals surface area contributed by atoms with Gasteiger partial charge >= 0.3 is 6.18 Å². The van der Waals surface area contributed by atoms with Crippen LogP contribution in [0, 0.1) is 11.3 Å². The average Bonchev–Trinajstić information content (AvgIpc) is 2.83. The van der Waals surface area contributed by atoms with Crippen molar-refractivity contribution in [1.29, 1.82) is 5.26 Å². The van der Waals surface area contributed by atoms with E-state index in [9.17, 15) is 18.0 Å². The second-order valence-electron chi connectivity index (χ2n) is 8.89. The Morgan fingerprint density at radius 3 is 2.66 bits per heavy atom. The van der Waals surface area contributed by atoms with Crippen molar-refractivity contribution >= 4 is 5.91 Å². The molecule has 0 spiro atoms. The van der Waals surface area contributed by atoms with Crippen LogP contribution in [0.15, 0.2) is 66.7 Å². The first-order valence-corrected chi connectivity index (χ1v) is 11.5. The second kappa shape index (κ2) is 10.3. The molecule has 3 aromatic carbocycles. The zero-order valence-corrected chi connectivity index (χ0v) is 19.4. The molecule has 1 aliphatic rings. The quantitative estimate of drug-likeness (QED) is 0.434. The number of nitriles is 1. The summed E-state index contributed by atoms with van der Waals surface area (Å²) in [6.07, 6.45) is -4.12. The number of nitrogens with zero attached hydrogens (tertiary/aromatic N) is 2. The van der Waals surface area contributed by atoms with Gasteiger partial charge in [-0.05, 0) is 51.9 Å². The van der Waals surface area contributed by atoms with E-state index in [4.69, 9.17) is 5.26 Å². The molecule has 7 heteroatoms. The maximum atomic E-state index is 13.2. The summed E-state index contributed by atoms with van der Waals surface area (Å²) in [5, 5.41) is 11.4. The van der Waals surface area contributed by atoms with Crippen molar-refractivity contribution in [3.63, 3.8) is 0 Å². The minimum absolute atomic E-state index is 0.210. The van der Waals surface area contributed by atoms with Crippen molar-refractivity contribution in [3.05, 3.63) is 94.5 Å². The minimum atomic E-state index is -4.36. The van der Waals surface area contributed by atoms with E-state index in [1.165, 1.54) is 17.7 Å². The lowest BCUT2D eigenvalue weighted by molar-refractivity contribution is -0.137. The molecule has 0 fully saturated rings. The zero-order chi connectivity index (χ0) is 25.0. The Hall–Kier alpha value is -3.63. The molecule has 0 saturated carbocycles. The molecule has 180 valence electrons. The summed E-state index contributed by atoms with van der Waals surface area (Å²) in [5.74, 6) is -0.0200. The van der Waals surface area contributed by atoms with Crippen molar-refractivity contribution in [3.8, 4) is 17.2 Å². The molecule has 1 heterocycles. The van der Waals surface area contributed by atoms with Crippen molar-refractivity contribution in [1.82, 2.24) is 10.2 Å². The zero-order valence-electron chi connectivity index (χ0n) is 19.4. The molecule has 1 amide bonds. The third-order valence-corrected chi connectivity index (χ3v) is 6.28. The highest BCUT2D eigenvalue weighted by atomic mass is 19.4. The molecule has 0 saturated heterocycles. The first-order valence-electron chi connectivity index (χ1n) is 11.5. The van der Waals surface area contributed by atoms with Gasteiger partial charge in [0.05, 0.1) is 18.1 Å². The molecular weight excluding hydrogens is 451 g/mol. The first-order chi connectivity index (χ1) is 16.8. The number of alkyl halides is 3. The summed E-state index contributed by atoms with van der Waals surface area (Å²) in [7, 11) is 0. The van der Waals surface area contributed by atoms with E-state index in [1.54, 1.807) is 12.1 Å². The smallest absolute Gasteiger partial charge is 0.351 e. The molecule has 0 aliphatic carbocycles. The van der Waals surface area contributed by atoms with E-state index in [1.807, 2.05) is 36.4 Å². The predicted molar refractivity (Wildman–Crippen MR) is 128 cm³/mol. The molecule has 1 aliphatic heterocycles. The highest BCUT2D eigenvalue weighted by Crippen LogP contribution is 2.36. The summed E-state index contributed by atoms with van der Waals surface area (Å²) < 4.78 is 39.5. The normalized spacial score (nSPS) is 15.8. The van der Waals surface area contributed by atoms with Crippen molar-refractivity contribution in [2.75, 3.05) is 13.1 Å². The molecule has 4 rings (SSSR count). The van der Waals surface area contributed by atoms with Gasteiger partial charge in [-0.3, -0.25) is 9.69 Å². The van der Waals surface area contributed by atoms with Gasteiger partial charge in [-0.15, -0.1) is 0 Å². The van der Waals surface area contributed by atoms with Crippen LogP contribution in [0.2, 0.25) is 0 Å². The van der Waals surface area contributed by atoms with E-state index >= 15 is 0 Å². The number of rotatable bonds is 6. The molecular formula is C28H26F3N3O. The molecule has 0 radical (unpaired) electrons. The molecule has 1 N–H and O–H groups in total. The van der Waals surface area contributed by atoms with Crippen LogP contribution in [0.5, 0.6) is 0 Å². The van der Waals surface area contributed by atoms with E-state index < -0.39 is 11.7 Å². The number of fused-ring (bicyclic) bond motifs is 1. The Balaban J connectivity index is 1.60. The van der Waals surface area contributed by atoms with Gasteiger partial charge in [-0.25, -0.2) is 0 Å². The lowest BCUT2D eigenvalue weighted by Crippen LogP contribution is -2.32. The van der Waals surface area contributed by atoms with E-state index in [-0.39, 0.29) is 18.2 Å². The largest absolute Gasteiger partial charge is 0.416 e. The van der Waals surface area contributed by atoms with Crippen LogP contribution in [0.25, 0.3) is 11.1 Å². The van der Waals surface area contributed by atoms with E-state index in [2.05, 4.69) is 23.2 Å². The average molecular weight is 478 g/mol. The Kier molecular flexibility index (Phi) is 7.23. The first kappa shape index (κ1) is 24.5. The van der Waals surface area contributed by atoms with Crippen LogP contribution < -0.4 is 5.32 Å². The summed E-state index contributed by atoms with van der Waals surface area (Å²) >= 11 is 0. The van der Waals surface area contributed by atoms with Gasteiger partial charge in [0, 0.05) is 31.7 Å². The highest BCUT2D eigenvalue weighted by Gasteiger charge is 2.31. The number of hydrogen-bond donors (Lipinski definition) is 1. The van der Waals surface area contributed by atoms with Crippen LogP contribution >= 0.6 is 0 Å².